The summed E-state index contributed by atoms with van der Waals surface area (Å²) in [5.74, 6) is 1.17. The lowest BCUT2D eigenvalue weighted by atomic mass is 10.3. The Morgan fingerprint density at radius 2 is 1.53 bits per heavy atom. The summed E-state index contributed by atoms with van der Waals surface area (Å²) in [5, 5.41) is 8.78. The van der Waals surface area contributed by atoms with Crippen LogP contribution in [0.3, 0.4) is 0 Å². The average molecular weight is 360 g/mol. The SMILES string of the molecule is COc1cccc(Br)c1.Oc1cccc(Br)c1. The van der Waals surface area contributed by atoms with Gasteiger partial charge in [-0.3, -0.25) is 0 Å². The van der Waals surface area contributed by atoms with Crippen LogP contribution in [0.5, 0.6) is 11.5 Å². The van der Waals surface area contributed by atoms with Gasteiger partial charge in [0.1, 0.15) is 11.5 Å². The van der Waals surface area contributed by atoms with Gasteiger partial charge in [-0.1, -0.05) is 44.0 Å². The highest BCUT2D eigenvalue weighted by Gasteiger charge is 1.88. The normalized spacial score (nSPS) is 9.12. The quantitative estimate of drug-likeness (QED) is 0.805. The van der Waals surface area contributed by atoms with Crippen LogP contribution in [-0.4, -0.2) is 12.2 Å². The van der Waals surface area contributed by atoms with Crippen molar-refractivity contribution in [2.75, 3.05) is 7.11 Å². The van der Waals surface area contributed by atoms with Gasteiger partial charge in [0.25, 0.3) is 0 Å². The fourth-order valence-electron chi connectivity index (χ4n) is 1.07. The second-order valence-electron chi connectivity index (χ2n) is 3.14. The summed E-state index contributed by atoms with van der Waals surface area (Å²) >= 11 is 6.52. The molecule has 0 atom stereocenters. The maximum Gasteiger partial charge on any atom is 0.119 e. The first-order valence-electron chi connectivity index (χ1n) is 4.86. The van der Waals surface area contributed by atoms with E-state index >= 15 is 0 Å². The van der Waals surface area contributed by atoms with Gasteiger partial charge in [-0.25, -0.2) is 0 Å². The Hall–Kier alpha value is -1.00. The summed E-state index contributed by atoms with van der Waals surface area (Å²) in [6.45, 7) is 0. The van der Waals surface area contributed by atoms with Gasteiger partial charge in [0, 0.05) is 8.95 Å². The van der Waals surface area contributed by atoms with Crippen molar-refractivity contribution in [2.24, 2.45) is 0 Å². The number of phenolic OH excluding ortho intramolecular Hbond substituents is 1. The van der Waals surface area contributed by atoms with E-state index in [1.165, 1.54) is 0 Å². The highest BCUT2D eigenvalue weighted by Crippen LogP contribution is 2.16. The van der Waals surface area contributed by atoms with Crippen molar-refractivity contribution in [1.82, 2.24) is 0 Å². The van der Waals surface area contributed by atoms with Crippen molar-refractivity contribution in [3.05, 3.63) is 57.5 Å². The number of benzene rings is 2. The number of rotatable bonds is 1. The average Bonchev–Trinajstić information content (AvgIpc) is 2.29. The van der Waals surface area contributed by atoms with Crippen molar-refractivity contribution in [1.29, 1.82) is 0 Å². The molecule has 0 radical (unpaired) electrons. The van der Waals surface area contributed by atoms with Crippen LogP contribution in [0.1, 0.15) is 0 Å². The van der Waals surface area contributed by atoms with E-state index in [2.05, 4.69) is 31.9 Å². The van der Waals surface area contributed by atoms with Crippen LogP contribution >= 0.6 is 31.9 Å². The molecule has 0 bridgehead atoms. The van der Waals surface area contributed by atoms with E-state index in [0.29, 0.717) is 5.75 Å². The molecule has 2 aromatic rings. The van der Waals surface area contributed by atoms with Crippen LogP contribution in [0.2, 0.25) is 0 Å². The zero-order valence-corrected chi connectivity index (χ0v) is 12.4. The van der Waals surface area contributed by atoms with Crippen molar-refractivity contribution in [3.63, 3.8) is 0 Å². The predicted molar refractivity (Wildman–Crippen MR) is 76.5 cm³/mol. The van der Waals surface area contributed by atoms with E-state index in [9.17, 15) is 0 Å². The number of aromatic hydroxyl groups is 1. The lowest BCUT2D eigenvalue weighted by Gasteiger charge is -1.96. The summed E-state index contributed by atoms with van der Waals surface area (Å²) in [7, 11) is 1.65. The van der Waals surface area contributed by atoms with E-state index in [1.807, 2.05) is 30.3 Å². The molecule has 0 aliphatic heterocycles. The van der Waals surface area contributed by atoms with Gasteiger partial charge in [-0.15, -0.1) is 0 Å². The molecular formula is C13H12Br2O2. The number of methoxy groups -OCH3 is 1. The Kier molecular flexibility index (Phi) is 6.08. The van der Waals surface area contributed by atoms with E-state index in [-0.39, 0.29) is 0 Å². The molecule has 0 amide bonds. The highest BCUT2D eigenvalue weighted by atomic mass is 79.9. The van der Waals surface area contributed by atoms with E-state index < -0.39 is 0 Å². The minimum Gasteiger partial charge on any atom is -0.508 e. The first-order valence-corrected chi connectivity index (χ1v) is 6.44. The summed E-state index contributed by atoms with van der Waals surface area (Å²) in [4.78, 5) is 0. The Morgan fingerprint density at radius 1 is 0.941 bits per heavy atom. The summed E-state index contributed by atoms with van der Waals surface area (Å²) in [6, 6.07) is 14.6. The molecule has 0 heterocycles. The fourth-order valence-corrected chi connectivity index (χ4v) is 1.84. The molecular weight excluding hydrogens is 348 g/mol. The van der Waals surface area contributed by atoms with Crippen LogP contribution in [-0.2, 0) is 0 Å². The molecule has 0 spiro atoms. The molecule has 0 saturated heterocycles. The Morgan fingerprint density at radius 3 is 1.88 bits per heavy atom. The number of hydrogen-bond donors (Lipinski definition) is 1. The van der Waals surface area contributed by atoms with E-state index in [4.69, 9.17) is 9.84 Å². The second-order valence-corrected chi connectivity index (χ2v) is 4.97. The number of halogens is 2. The predicted octanol–water partition coefficient (Wildman–Crippen LogP) is 4.61. The van der Waals surface area contributed by atoms with Crippen molar-refractivity contribution in [2.45, 2.75) is 0 Å². The smallest absolute Gasteiger partial charge is 0.119 e. The highest BCUT2D eigenvalue weighted by molar-refractivity contribution is 9.10. The number of phenols is 1. The zero-order valence-electron chi connectivity index (χ0n) is 9.23. The van der Waals surface area contributed by atoms with Gasteiger partial charge in [-0.05, 0) is 36.4 Å². The molecule has 2 aromatic carbocycles. The van der Waals surface area contributed by atoms with Crippen LogP contribution in [0, 0.1) is 0 Å². The Bertz CT molecular complexity index is 455. The summed E-state index contributed by atoms with van der Waals surface area (Å²) in [5.41, 5.74) is 0. The molecule has 0 saturated carbocycles. The largest absolute Gasteiger partial charge is 0.508 e. The van der Waals surface area contributed by atoms with E-state index in [1.54, 1.807) is 25.3 Å². The molecule has 0 fully saturated rings. The zero-order chi connectivity index (χ0) is 12.7. The fraction of sp³-hybridized carbons (Fsp3) is 0.0769. The number of hydrogen-bond acceptors (Lipinski definition) is 2. The van der Waals surface area contributed by atoms with Crippen molar-refractivity contribution in [3.8, 4) is 11.5 Å². The molecule has 1 N–H and O–H groups in total. The van der Waals surface area contributed by atoms with Gasteiger partial charge in [-0.2, -0.15) is 0 Å². The molecule has 0 aliphatic rings. The lowest BCUT2D eigenvalue weighted by molar-refractivity contribution is 0.414. The Labute approximate surface area is 118 Å². The minimum atomic E-state index is 0.291. The molecule has 2 rings (SSSR count). The lowest BCUT2D eigenvalue weighted by Crippen LogP contribution is -1.79. The van der Waals surface area contributed by atoms with E-state index in [0.717, 1.165) is 14.7 Å². The monoisotopic (exact) mass is 358 g/mol. The van der Waals surface area contributed by atoms with Gasteiger partial charge >= 0.3 is 0 Å². The molecule has 0 unspecified atom stereocenters. The van der Waals surface area contributed by atoms with Crippen molar-refractivity contribution >= 4 is 31.9 Å². The van der Waals surface area contributed by atoms with Gasteiger partial charge in [0.2, 0.25) is 0 Å². The maximum absolute atomic E-state index is 8.78. The van der Waals surface area contributed by atoms with Crippen molar-refractivity contribution < 1.29 is 9.84 Å². The van der Waals surface area contributed by atoms with Gasteiger partial charge in [0.15, 0.2) is 0 Å². The number of ether oxygens (including phenoxy) is 1. The maximum atomic E-state index is 8.78. The third kappa shape index (κ3) is 5.75. The third-order valence-corrected chi connectivity index (χ3v) is 2.83. The topological polar surface area (TPSA) is 29.5 Å². The second kappa shape index (κ2) is 7.35. The Balaban J connectivity index is 0.000000171. The molecule has 90 valence electrons. The molecule has 0 aromatic heterocycles. The van der Waals surface area contributed by atoms with Crippen LogP contribution in [0.25, 0.3) is 0 Å². The molecule has 2 nitrogen and oxygen atoms in total. The van der Waals surface area contributed by atoms with Gasteiger partial charge in [0.05, 0.1) is 7.11 Å². The van der Waals surface area contributed by atoms with Crippen LogP contribution < -0.4 is 4.74 Å². The van der Waals surface area contributed by atoms with Crippen LogP contribution in [0.4, 0.5) is 0 Å². The molecule has 0 aliphatic carbocycles. The minimum absolute atomic E-state index is 0.291. The van der Waals surface area contributed by atoms with Crippen LogP contribution in [0.15, 0.2) is 57.5 Å². The summed E-state index contributed by atoms with van der Waals surface area (Å²) < 4.78 is 6.91. The first-order chi connectivity index (χ1) is 8.11. The van der Waals surface area contributed by atoms with Gasteiger partial charge < -0.3 is 9.84 Å². The summed E-state index contributed by atoms with van der Waals surface area (Å²) in [6.07, 6.45) is 0. The molecule has 17 heavy (non-hydrogen) atoms. The first kappa shape index (κ1) is 14.1. The standard InChI is InChI=1S/C7H7BrO.C6H5BrO/c1-9-7-4-2-3-6(8)5-7;7-5-2-1-3-6(8)4-5/h2-5H,1H3;1-4,8H. The molecule has 4 heteroatoms. The third-order valence-electron chi connectivity index (χ3n) is 1.84.